The molecule has 0 radical (unpaired) electrons. The summed E-state index contributed by atoms with van der Waals surface area (Å²) in [5, 5.41) is 5.28. The molecule has 2 N–H and O–H groups in total. The predicted octanol–water partition coefficient (Wildman–Crippen LogP) is 1.19. The number of hydrogen-bond donors (Lipinski definition) is 2. The molecule has 0 saturated carbocycles. The molecular weight excluding hydrogens is 298 g/mol. The minimum Gasteiger partial charge on any atom is -0.304 e. The zero-order chi connectivity index (χ0) is 16.2. The molecule has 1 aliphatic heterocycles. The minimum atomic E-state index is -1.23. The van der Waals surface area contributed by atoms with Crippen LogP contribution >= 0.6 is 12.2 Å². The number of benzene rings is 1. The van der Waals surface area contributed by atoms with E-state index in [1.807, 2.05) is 30.3 Å². The van der Waals surface area contributed by atoms with Crippen molar-refractivity contribution in [2.24, 2.45) is 0 Å². The van der Waals surface area contributed by atoms with Gasteiger partial charge in [-0.3, -0.25) is 9.59 Å². The Hall–Kier alpha value is -1.79. The smallest absolute Gasteiger partial charge is 0.246 e. The van der Waals surface area contributed by atoms with Crippen LogP contribution in [0.2, 0.25) is 0 Å². The number of thiocarbonyl (C=S) groups is 1. The fraction of sp³-hybridized carbons (Fsp3) is 0.438. The molecule has 1 aliphatic rings. The monoisotopic (exact) mass is 319 g/mol. The number of amides is 2. The zero-order valence-corrected chi connectivity index (χ0v) is 13.7. The van der Waals surface area contributed by atoms with E-state index in [-0.39, 0.29) is 16.9 Å². The maximum Gasteiger partial charge on any atom is 0.246 e. The number of nitrogens with one attached hydrogen (secondary N) is 2. The number of rotatable bonds is 6. The molecule has 2 amide bonds. The van der Waals surface area contributed by atoms with Gasteiger partial charge in [-0.15, -0.1) is 0 Å². The molecule has 1 aromatic carbocycles. The molecule has 1 aromatic rings. The molecule has 1 saturated heterocycles. The first-order valence-electron chi connectivity index (χ1n) is 7.49. The highest BCUT2D eigenvalue weighted by Crippen LogP contribution is 2.31. The van der Waals surface area contributed by atoms with E-state index in [0.29, 0.717) is 18.5 Å². The molecule has 0 unspecified atom stereocenters. The van der Waals surface area contributed by atoms with Gasteiger partial charge in [0.15, 0.2) is 10.5 Å². The Kier molecular flexibility index (Phi) is 5.26. The molecule has 1 fully saturated rings. The van der Waals surface area contributed by atoms with Crippen molar-refractivity contribution in [1.29, 1.82) is 0 Å². The molecule has 6 heteroatoms. The first-order chi connectivity index (χ1) is 10.5. The van der Waals surface area contributed by atoms with Crippen molar-refractivity contribution >= 4 is 29.1 Å². The molecule has 5 nitrogen and oxygen atoms in total. The SMILES string of the molecule is CCN(CC)CCC1(c2ccccc2)C(=O)NC(=S)NC1=O. The third-order valence-electron chi connectivity index (χ3n) is 4.19. The summed E-state index contributed by atoms with van der Waals surface area (Å²) in [6.07, 6.45) is 0.416. The van der Waals surface area contributed by atoms with Crippen LogP contribution in [0.5, 0.6) is 0 Å². The summed E-state index contributed by atoms with van der Waals surface area (Å²) in [5.41, 5.74) is -0.536. The number of carbonyl (C=O) groups is 2. The van der Waals surface area contributed by atoms with E-state index in [1.165, 1.54) is 0 Å². The average Bonchev–Trinajstić information content (AvgIpc) is 2.51. The summed E-state index contributed by atoms with van der Waals surface area (Å²) in [5.74, 6) is -0.695. The lowest BCUT2D eigenvalue weighted by Gasteiger charge is -2.36. The Morgan fingerprint density at radius 3 is 2.09 bits per heavy atom. The Morgan fingerprint density at radius 1 is 1.05 bits per heavy atom. The van der Waals surface area contributed by atoms with Crippen LogP contribution < -0.4 is 10.6 Å². The summed E-state index contributed by atoms with van der Waals surface area (Å²) >= 11 is 4.92. The molecule has 1 heterocycles. The summed E-state index contributed by atoms with van der Waals surface area (Å²) < 4.78 is 0. The molecule has 0 aromatic heterocycles. The van der Waals surface area contributed by atoms with Crippen molar-refractivity contribution in [3.05, 3.63) is 35.9 Å². The molecule has 0 bridgehead atoms. The normalized spacial score (nSPS) is 17.3. The van der Waals surface area contributed by atoms with Crippen LogP contribution in [0.1, 0.15) is 25.8 Å². The van der Waals surface area contributed by atoms with Gasteiger partial charge in [-0.1, -0.05) is 44.2 Å². The van der Waals surface area contributed by atoms with Crippen LogP contribution in [0.15, 0.2) is 30.3 Å². The van der Waals surface area contributed by atoms with Gasteiger partial charge in [-0.05, 0) is 43.8 Å². The molecule has 0 aliphatic carbocycles. The van der Waals surface area contributed by atoms with Gasteiger partial charge in [0.2, 0.25) is 11.8 Å². The Morgan fingerprint density at radius 2 is 1.59 bits per heavy atom. The van der Waals surface area contributed by atoms with E-state index in [4.69, 9.17) is 12.2 Å². The van der Waals surface area contributed by atoms with Gasteiger partial charge in [0.1, 0.15) is 0 Å². The van der Waals surface area contributed by atoms with Gasteiger partial charge in [0, 0.05) is 0 Å². The second kappa shape index (κ2) is 6.98. The molecule has 0 spiro atoms. The minimum absolute atomic E-state index is 0.0735. The Balaban J connectivity index is 2.39. The highest BCUT2D eigenvalue weighted by molar-refractivity contribution is 7.80. The first kappa shape index (κ1) is 16.6. The topological polar surface area (TPSA) is 61.4 Å². The Labute approximate surface area is 136 Å². The van der Waals surface area contributed by atoms with Crippen LogP contribution in [0.25, 0.3) is 0 Å². The third kappa shape index (κ3) is 3.03. The van der Waals surface area contributed by atoms with Crippen molar-refractivity contribution in [3.63, 3.8) is 0 Å². The van der Waals surface area contributed by atoms with Crippen molar-refractivity contribution < 1.29 is 9.59 Å². The summed E-state index contributed by atoms with van der Waals surface area (Å²) in [4.78, 5) is 27.5. The van der Waals surface area contributed by atoms with Crippen molar-refractivity contribution in [3.8, 4) is 0 Å². The maximum atomic E-state index is 12.6. The quantitative estimate of drug-likeness (QED) is 0.611. The molecule has 118 valence electrons. The highest BCUT2D eigenvalue weighted by atomic mass is 32.1. The number of nitrogens with zero attached hydrogens (tertiary/aromatic N) is 1. The number of carbonyl (C=O) groups excluding carboxylic acids is 2. The lowest BCUT2D eigenvalue weighted by atomic mass is 9.74. The molecular formula is C16H21N3O2S. The largest absolute Gasteiger partial charge is 0.304 e. The number of hydrogen-bond acceptors (Lipinski definition) is 4. The predicted molar refractivity (Wildman–Crippen MR) is 89.4 cm³/mol. The van der Waals surface area contributed by atoms with Crippen LogP contribution in [0.4, 0.5) is 0 Å². The fourth-order valence-corrected chi connectivity index (χ4v) is 2.96. The lowest BCUT2D eigenvalue weighted by Crippen LogP contribution is -2.65. The lowest BCUT2D eigenvalue weighted by molar-refractivity contribution is -0.138. The van der Waals surface area contributed by atoms with E-state index >= 15 is 0 Å². The first-order valence-corrected chi connectivity index (χ1v) is 7.90. The molecule has 2 rings (SSSR count). The van der Waals surface area contributed by atoms with Crippen LogP contribution in [-0.4, -0.2) is 41.5 Å². The fourth-order valence-electron chi connectivity index (χ4n) is 2.78. The summed E-state index contributed by atoms with van der Waals surface area (Å²) in [6.45, 7) is 6.55. The van der Waals surface area contributed by atoms with Crippen molar-refractivity contribution in [2.45, 2.75) is 25.7 Å². The van der Waals surface area contributed by atoms with Crippen molar-refractivity contribution in [1.82, 2.24) is 15.5 Å². The van der Waals surface area contributed by atoms with Crippen LogP contribution in [0.3, 0.4) is 0 Å². The second-order valence-corrected chi connectivity index (χ2v) is 5.69. The van der Waals surface area contributed by atoms with Gasteiger partial charge in [-0.2, -0.15) is 0 Å². The summed E-state index contributed by atoms with van der Waals surface area (Å²) in [6, 6.07) is 9.17. The van der Waals surface area contributed by atoms with Crippen LogP contribution in [-0.2, 0) is 15.0 Å². The zero-order valence-electron chi connectivity index (χ0n) is 12.9. The standard InChI is InChI=1S/C16H21N3O2S/c1-3-19(4-2)11-10-16(12-8-6-5-7-9-12)13(20)17-15(22)18-14(16)21/h5-9H,3-4,10-11H2,1-2H3,(H2,17,18,20,21,22). The van der Waals surface area contributed by atoms with E-state index in [0.717, 1.165) is 13.1 Å². The Bertz CT molecular complexity index is 550. The van der Waals surface area contributed by atoms with Gasteiger partial charge in [-0.25, -0.2) is 0 Å². The van der Waals surface area contributed by atoms with Gasteiger partial charge in [0.05, 0.1) is 0 Å². The summed E-state index contributed by atoms with van der Waals surface area (Å²) in [7, 11) is 0. The third-order valence-corrected chi connectivity index (χ3v) is 4.40. The van der Waals surface area contributed by atoms with Crippen LogP contribution in [0, 0.1) is 0 Å². The van der Waals surface area contributed by atoms with Crippen molar-refractivity contribution in [2.75, 3.05) is 19.6 Å². The van der Waals surface area contributed by atoms with E-state index < -0.39 is 5.41 Å². The highest BCUT2D eigenvalue weighted by Gasteiger charge is 2.50. The maximum absolute atomic E-state index is 12.6. The van der Waals surface area contributed by atoms with E-state index in [9.17, 15) is 9.59 Å². The van der Waals surface area contributed by atoms with Gasteiger partial charge in [0.25, 0.3) is 0 Å². The molecule has 0 atom stereocenters. The van der Waals surface area contributed by atoms with E-state index in [1.54, 1.807) is 0 Å². The average molecular weight is 319 g/mol. The van der Waals surface area contributed by atoms with Gasteiger partial charge < -0.3 is 15.5 Å². The van der Waals surface area contributed by atoms with Gasteiger partial charge >= 0.3 is 0 Å². The second-order valence-electron chi connectivity index (χ2n) is 5.29. The molecule has 22 heavy (non-hydrogen) atoms. The van der Waals surface area contributed by atoms with E-state index in [2.05, 4.69) is 29.4 Å².